The van der Waals surface area contributed by atoms with E-state index in [0.717, 1.165) is 62.5 Å². The predicted octanol–water partition coefficient (Wildman–Crippen LogP) is 3.01. The molecule has 0 spiro atoms. The lowest BCUT2D eigenvalue weighted by Crippen LogP contribution is -2.28. The minimum atomic E-state index is 0.724. The average Bonchev–Trinajstić information content (AvgIpc) is 2.54. The zero-order chi connectivity index (χ0) is 14.6. The first kappa shape index (κ1) is 17.0. The van der Waals surface area contributed by atoms with Gasteiger partial charge in [-0.15, -0.1) is 0 Å². The van der Waals surface area contributed by atoms with Crippen molar-refractivity contribution in [3.8, 4) is 0 Å². The fourth-order valence-corrected chi connectivity index (χ4v) is 3.70. The van der Waals surface area contributed by atoms with Gasteiger partial charge in [0.1, 0.15) is 0 Å². The molecule has 0 unspecified atom stereocenters. The number of rotatable bonds is 1. The summed E-state index contributed by atoms with van der Waals surface area (Å²) < 4.78 is 11.1. The Balaban J connectivity index is 1.83. The van der Waals surface area contributed by atoms with Crippen LogP contribution in [0, 0.1) is 0 Å². The molecule has 5 heteroatoms. The number of para-hydroxylation sites is 1. The van der Waals surface area contributed by atoms with Crippen molar-refractivity contribution in [2.24, 2.45) is 0 Å². The minimum absolute atomic E-state index is 0.724. The second-order valence-corrected chi connectivity index (χ2v) is 7.22. The van der Waals surface area contributed by atoms with E-state index in [0.29, 0.717) is 0 Å². The van der Waals surface area contributed by atoms with Crippen LogP contribution in [0.5, 0.6) is 0 Å². The summed E-state index contributed by atoms with van der Waals surface area (Å²) in [6.45, 7) is 5.31. The van der Waals surface area contributed by atoms with Crippen LogP contribution in [0.2, 0.25) is 0 Å². The third-order valence-electron chi connectivity index (χ3n) is 3.25. The van der Waals surface area contributed by atoms with E-state index in [2.05, 4.69) is 35.2 Å². The van der Waals surface area contributed by atoms with Gasteiger partial charge in [-0.3, -0.25) is 0 Å². The quantitative estimate of drug-likeness (QED) is 0.788. The average molecular weight is 328 g/mol. The number of thioether (sulfide) groups is 2. The molecule has 0 aliphatic carbocycles. The van der Waals surface area contributed by atoms with Crippen LogP contribution in [0.25, 0.3) is 0 Å². The molecular weight excluding hydrogens is 302 g/mol. The van der Waals surface area contributed by atoms with E-state index in [1.807, 2.05) is 23.5 Å². The summed E-state index contributed by atoms with van der Waals surface area (Å²) in [5.74, 6) is 4.44. The molecule has 1 aromatic carbocycles. The number of hydrogen-bond acceptors (Lipinski definition) is 5. The summed E-state index contributed by atoms with van der Waals surface area (Å²) in [5.41, 5.74) is 1.33. The maximum Gasteiger partial charge on any atom is 0.0700 e. The molecule has 0 amide bonds. The van der Waals surface area contributed by atoms with Crippen molar-refractivity contribution >= 4 is 29.2 Å². The molecule has 0 N–H and O–H groups in total. The zero-order valence-corrected chi connectivity index (χ0v) is 14.2. The molecule has 118 valence electrons. The first-order valence-corrected chi connectivity index (χ1v) is 9.89. The zero-order valence-electron chi connectivity index (χ0n) is 12.5. The van der Waals surface area contributed by atoms with Gasteiger partial charge in [0.25, 0.3) is 0 Å². The van der Waals surface area contributed by atoms with Crippen molar-refractivity contribution in [2.75, 3.05) is 67.4 Å². The van der Waals surface area contributed by atoms with E-state index >= 15 is 0 Å². The molecule has 1 heterocycles. The van der Waals surface area contributed by atoms with E-state index in [9.17, 15) is 0 Å². The molecule has 0 saturated carbocycles. The largest absolute Gasteiger partial charge is 0.378 e. The van der Waals surface area contributed by atoms with Crippen LogP contribution >= 0.6 is 23.5 Å². The highest BCUT2D eigenvalue weighted by molar-refractivity contribution is 7.99. The van der Waals surface area contributed by atoms with Crippen LogP contribution in [-0.4, -0.2) is 62.5 Å². The summed E-state index contributed by atoms with van der Waals surface area (Å²) in [6, 6.07) is 10.7. The maximum absolute atomic E-state index is 5.55. The van der Waals surface area contributed by atoms with E-state index in [1.54, 1.807) is 0 Å². The Kier molecular flexibility index (Phi) is 9.10. The van der Waals surface area contributed by atoms with Gasteiger partial charge in [0.15, 0.2) is 0 Å². The number of hydrogen-bond donors (Lipinski definition) is 0. The number of benzene rings is 1. The standard InChI is InChI=1S/C16H25NO2S2/c1-2-4-16(5-3-1)17-6-12-20-14-10-18-8-9-19-11-15-21-13-7-17/h1-5H,6-15H2. The molecule has 3 nitrogen and oxygen atoms in total. The first-order valence-electron chi connectivity index (χ1n) is 7.58. The summed E-state index contributed by atoms with van der Waals surface area (Å²) in [6.07, 6.45) is 0. The van der Waals surface area contributed by atoms with Crippen molar-refractivity contribution in [3.63, 3.8) is 0 Å². The number of ether oxygens (including phenoxy) is 2. The molecule has 0 aromatic heterocycles. The molecule has 21 heavy (non-hydrogen) atoms. The Labute approximate surface area is 136 Å². The lowest BCUT2D eigenvalue weighted by molar-refractivity contribution is 0.0605. The van der Waals surface area contributed by atoms with Gasteiger partial charge in [0, 0.05) is 41.8 Å². The molecule has 1 aliphatic rings. The summed E-state index contributed by atoms with van der Waals surface area (Å²) in [4.78, 5) is 2.49. The van der Waals surface area contributed by atoms with E-state index in [-0.39, 0.29) is 0 Å². The third kappa shape index (κ3) is 7.45. The van der Waals surface area contributed by atoms with Crippen LogP contribution in [0.4, 0.5) is 5.69 Å². The monoisotopic (exact) mass is 327 g/mol. The molecule has 1 aliphatic heterocycles. The summed E-state index contributed by atoms with van der Waals surface area (Å²) in [5, 5.41) is 0. The maximum atomic E-state index is 5.55. The second-order valence-electron chi connectivity index (χ2n) is 4.77. The first-order chi connectivity index (χ1) is 10.5. The molecule has 1 aromatic rings. The van der Waals surface area contributed by atoms with Gasteiger partial charge < -0.3 is 14.4 Å². The molecule has 0 bridgehead atoms. The molecule has 0 atom stereocenters. The van der Waals surface area contributed by atoms with Gasteiger partial charge in [0.2, 0.25) is 0 Å². The highest BCUT2D eigenvalue weighted by Crippen LogP contribution is 2.15. The predicted molar refractivity (Wildman–Crippen MR) is 94.9 cm³/mol. The van der Waals surface area contributed by atoms with E-state index in [4.69, 9.17) is 9.47 Å². The second kappa shape index (κ2) is 11.2. The Morgan fingerprint density at radius 2 is 1.29 bits per heavy atom. The van der Waals surface area contributed by atoms with Gasteiger partial charge in [-0.1, -0.05) is 18.2 Å². The van der Waals surface area contributed by atoms with Gasteiger partial charge in [-0.05, 0) is 12.1 Å². The van der Waals surface area contributed by atoms with Crippen molar-refractivity contribution < 1.29 is 9.47 Å². The van der Waals surface area contributed by atoms with Gasteiger partial charge in [0.05, 0.1) is 26.4 Å². The number of nitrogens with zero attached hydrogens (tertiary/aromatic N) is 1. The summed E-state index contributed by atoms with van der Waals surface area (Å²) >= 11 is 3.94. The van der Waals surface area contributed by atoms with E-state index in [1.165, 1.54) is 5.69 Å². The van der Waals surface area contributed by atoms with Crippen molar-refractivity contribution in [1.82, 2.24) is 0 Å². The van der Waals surface area contributed by atoms with Crippen LogP contribution in [0.15, 0.2) is 30.3 Å². The fraction of sp³-hybridized carbons (Fsp3) is 0.625. The van der Waals surface area contributed by atoms with Gasteiger partial charge in [-0.2, -0.15) is 23.5 Å². The molecule has 0 radical (unpaired) electrons. The highest BCUT2D eigenvalue weighted by atomic mass is 32.2. The van der Waals surface area contributed by atoms with Gasteiger partial charge in [-0.25, -0.2) is 0 Å². The van der Waals surface area contributed by atoms with Crippen molar-refractivity contribution in [2.45, 2.75) is 0 Å². The van der Waals surface area contributed by atoms with Crippen LogP contribution in [0.1, 0.15) is 0 Å². The normalized spacial score (nSPS) is 20.5. The highest BCUT2D eigenvalue weighted by Gasteiger charge is 2.06. The SMILES string of the molecule is c1ccc(N2CCSCCOCCOCCSCC2)cc1. The van der Waals surface area contributed by atoms with Crippen LogP contribution in [-0.2, 0) is 9.47 Å². The smallest absolute Gasteiger partial charge is 0.0700 e. The lowest BCUT2D eigenvalue weighted by atomic mass is 10.3. The summed E-state index contributed by atoms with van der Waals surface area (Å²) in [7, 11) is 0. The van der Waals surface area contributed by atoms with Crippen LogP contribution in [0.3, 0.4) is 0 Å². The third-order valence-corrected chi connectivity index (χ3v) is 5.10. The lowest BCUT2D eigenvalue weighted by Gasteiger charge is -2.24. The number of anilines is 1. The molecule has 1 saturated heterocycles. The Morgan fingerprint density at radius 1 is 0.714 bits per heavy atom. The Hall–Kier alpha value is -0.360. The molecular formula is C16H25NO2S2. The van der Waals surface area contributed by atoms with Crippen LogP contribution < -0.4 is 4.90 Å². The van der Waals surface area contributed by atoms with E-state index < -0.39 is 0 Å². The molecule has 2 rings (SSSR count). The topological polar surface area (TPSA) is 21.7 Å². The minimum Gasteiger partial charge on any atom is -0.378 e. The van der Waals surface area contributed by atoms with Crippen molar-refractivity contribution in [3.05, 3.63) is 30.3 Å². The fourth-order valence-electron chi connectivity index (χ4n) is 2.12. The Bertz CT molecular complexity index is 349. The van der Waals surface area contributed by atoms with Gasteiger partial charge >= 0.3 is 0 Å². The van der Waals surface area contributed by atoms with Crippen molar-refractivity contribution in [1.29, 1.82) is 0 Å². The Morgan fingerprint density at radius 3 is 1.86 bits per heavy atom. The molecule has 1 fully saturated rings.